The number of hydrogen-bond donors (Lipinski definition) is 1. The molecular weight excluding hydrogens is 350 g/mol. The number of benzene rings is 2. The van der Waals surface area contributed by atoms with E-state index in [9.17, 15) is 5.11 Å². The summed E-state index contributed by atoms with van der Waals surface area (Å²) in [6, 6.07) is 9.82. The lowest BCUT2D eigenvalue weighted by Crippen LogP contribution is -2.30. The second kappa shape index (κ2) is 7.54. The SMILES string of the molecule is COc1cc(CN(Cc2ccc3c(c2)OCO3)CC(C)O)cc2c1OCO2. The van der Waals surface area contributed by atoms with Gasteiger partial charge >= 0.3 is 0 Å². The van der Waals surface area contributed by atoms with Gasteiger partial charge in [-0.1, -0.05) is 6.07 Å². The van der Waals surface area contributed by atoms with E-state index < -0.39 is 6.10 Å². The Morgan fingerprint density at radius 1 is 0.963 bits per heavy atom. The molecule has 2 aromatic carbocycles. The molecular formula is C20H23NO6. The van der Waals surface area contributed by atoms with Gasteiger partial charge in [0.05, 0.1) is 13.2 Å². The van der Waals surface area contributed by atoms with Crippen molar-refractivity contribution in [3.8, 4) is 28.7 Å². The van der Waals surface area contributed by atoms with Gasteiger partial charge in [0, 0.05) is 19.6 Å². The summed E-state index contributed by atoms with van der Waals surface area (Å²) >= 11 is 0. The summed E-state index contributed by atoms with van der Waals surface area (Å²) in [4.78, 5) is 2.17. The smallest absolute Gasteiger partial charge is 0.231 e. The van der Waals surface area contributed by atoms with Gasteiger partial charge in [0.15, 0.2) is 23.0 Å². The van der Waals surface area contributed by atoms with E-state index in [1.54, 1.807) is 14.0 Å². The van der Waals surface area contributed by atoms with E-state index >= 15 is 0 Å². The number of hydrogen-bond acceptors (Lipinski definition) is 7. The van der Waals surface area contributed by atoms with Crippen LogP contribution in [0, 0.1) is 0 Å². The molecule has 2 heterocycles. The van der Waals surface area contributed by atoms with E-state index in [4.69, 9.17) is 23.7 Å². The Morgan fingerprint density at radius 2 is 1.67 bits per heavy atom. The van der Waals surface area contributed by atoms with Crippen LogP contribution in [0.3, 0.4) is 0 Å². The minimum atomic E-state index is -0.449. The monoisotopic (exact) mass is 373 g/mol. The Labute approximate surface area is 158 Å². The third kappa shape index (κ3) is 3.89. The van der Waals surface area contributed by atoms with Crippen LogP contribution in [0.4, 0.5) is 0 Å². The molecule has 0 aliphatic carbocycles. The van der Waals surface area contributed by atoms with E-state index in [0.717, 1.165) is 22.6 Å². The number of fused-ring (bicyclic) bond motifs is 2. The lowest BCUT2D eigenvalue weighted by atomic mass is 10.1. The van der Waals surface area contributed by atoms with Crippen molar-refractivity contribution in [3.05, 3.63) is 41.5 Å². The number of ether oxygens (including phenoxy) is 5. The first-order valence-electron chi connectivity index (χ1n) is 8.88. The van der Waals surface area contributed by atoms with Gasteiger partial charge in [0.25, 0.3) is 0 Å². The van der Waals surface area contributed by atoms with Crippen molar-refractivity contribution in [3.63, 3.8) is 0 Å². The van der Waals surface area contributed by atoms with Crippen LogP contribution in [0.25, 0.3) is 0 Å². The Balaban J connectivity index is 1.54. The zero-order chi connectivity index (χ0) is 18.8. The van der Waals surface area contributed by atoms with Crippen LogP contribution in [0.2, 0.25) is 0 Å². The Morgan fingerprint density at radius 3 is 2.48 bits per heavy atom. The summed E-state index contributed by atoms with van der Waals surface area (Å²) in [5.74, 6) is 3.50. The van der Waals surface area contributed by atoms with E-state index in [0.29, 0.717) is 36.9 Å². The van der Waals surface area contributed by atoms with Gasteiger partial charge in [-0.25, -0.2) is 0 Å². The zero-order valence-corrected chi connectivity index (χ0v) is 15.4. The predicted molar refractivity (Wildman–Crippen MR) is 97.5 cm³/mol. The molecule has 2 aromatic rings. The Kier molecular flexibility index (Phi) is 4.96. The molecule has 7 heteroatoms. The van der Waals surface area contributed by atoms with E-state index in [2.05, 4.69) is 4.90 Å². The fourth-order valence-corrected chi connectivity index (χ4v) is 3.39. The average Bonchev–Trinajstić information content (AvgIpc) is 3.28. The third-order valence-electron chi connectivity index (χ3n) is 4.49. The van der Waals surface area contributed by atoms with Gasteiger partial charge in [-0.15, -0.1) is 0 Å². The molecule has 1 unspecified atom stereocenters. The van der Waals surface area contributed by atoms with Crippen LogP contribution in [-0.4, -0.2) is 43.4 Å². The second-order valence-corrected chi connectivity index (χ2v) is 6.74. The number of aliphatic hydroxyl groups excluding tert-OH is 1. The van der Waals surface area contributed by atoms with E-state index in [1.165, 1.54) is 0 Å². The van der Waals surface area contributed by atoms with Crippen molar-refractivity contribution in [1.29, 1.82) is 0 Å². The second-order valence-electron chi connectivity index (χ2n) is 6.74. The van der Waals surface area contributed by atoms with Crippen molar-refractivity contribution in [1.82, 2.24) is 4.90 Å². The maximum Gasteiger partial charge on any atom is 0.231 e. The van der Waals surface area contributed by atoms with Crippen molar-refractivity contribution in [2.45, 2.75) is 26.1 Å². The van der Waals surface area contributed by atoms with E-state index in [-0.39, 0.29) is 13.6 Å². The van der Waals surface area contributed by atoms with Gasteiger partial charge in [-0.3, -0.25) is 4.90 Å². The molecule has 0 amide bonds. The van der Waals surface area contributed by atoms with Gasteiger partial charge in [0.2, 0.25) is 19.3 Å². The molecule has 0 fully saturated rings. The molecule has 0 saturated carbocycles. The molecule has 7 nitrogen and oxygen atoms in total. The molecule has 0 saturated heterocycles. The largest absolute Gasteiger partial charge is 0.493 e. The van der Waals surface area contributed by atoms with Gasteiger partial charge in [-0.2, -0.15) is 0 Å². The molecule has 0 aromatic heterocycles. The van der Waals surface area contributed by atoms with Crippen LogP contribution in [-0.2, 0) is 13.1 Å². The van der Waals surface area contributed by atoms with Crippen LogP contribution in [0.1, 0.15) is 18.1 Å². The first-order chi connectivity index (χ1) is 13.1. The first-order valence-corrected chi connectivity index (χ1v) is 8.88. The molecule has 0 radical (unpaired) electrons. The first kappa shape index (κ1) is 17.8. The molecule has 0 bridgehead atoms. The molecule has 4 rings (SSSR count). The molecule has 27 heavy (non-hydrogen) atoms. The van der Waals surface area contributed by atoms with Crippen molar-refractivity contribution >= 4 is 0 Å². The summed E-state index contributed by atoms with van der Waals surface area (Å²) in [7, 11) is 1.61. The summed E-state index contributed by atoms with van der Waals surface area (Å²) < 4.78 is 27.2. The van der Waals surface area contributed by atoms with Crippen molar-refractivity contribution in [2.75, 3.05) is 27.2 Å². The molecule has 1 atom stereocenters. The summed E-state index contributed by atoms with van der Waals surface area (Å²) in [5.41, 5.74) is 2.12. The standard InChI is InChI=1S/C20H23NO6/c1-13(22)8-21(9-14-3-4-16-17(5-14)25-11-24-16)10-15-6-18(23-2)20-19(7-15)26-12-27-20/h3-7,13,22H,8-12H2,1-2H3. The van der Waals surface area contributed by atoms with Crippen LogP contribution in [0.5, 0.6) is 28.7 Å². The minimum Gasteiger partial charge on any atom is -0.493 e. The summed E-state index contributed by atoms with van der Waals surface area (Å²) in [5, 5.41) is 9.93. The summed E-state index contributed by atoms with van der Waals surface area (Å²) in [6.07, 6.45) is -0.449. The number of nitrogens with zero attached hydrogens (tertiary/aromatic N) is 1. The van der Waals surface area contributed by atoms with Crippen molar-refractivity contribution < 1.29 is 28.8 Å². The molecule has 2 aliphatic heterocycles. The van der Waals surface area contributed by atoms with Gasteiger partial charge in [0.1, 0.15) is 0 Å². The van der Waals surface area contributed by atoms with Gasteiger partial charge in [-0.05, 0) is 42.3 Å². The molecule has 0 spiro atoms. The number of aliphatic hydroxyl groups is 1. The third-order valence-corrected chi connectivity index (χ3v) is 4.49. The van der Waals surface area contributed by atoms with Crippen LogP contribution >= 0.6 is 0 Å². The topological polar surface area (TPSA) is 69.6 Å². The highest BCUT2D eigenvalue weighted by atomic mass is 16.7. The normalized spacial score (nSPS) is 15.3. The lowest BCUT2D eigenvalue weighted by Gasteiger charge is -2.24. The van der Waals surface area contributed by atoms with E-state index in [1.807, 2.05) is 30.3 Å². The fourth-order valence-electron chi connectivity index (χ4n) is 3.39. The Bertz CT molecular complexity index is 822. The Hall–Kier alpha value is -2.64. The number of rotatable bonds is 7. The predicted octanol–water partition coefficient (Wildman–Crippen LogP) is 2.54. The highest BCUT2D eigenvalue weighted by Crippen LogP contribution is 2.42. The average molecular weight is 373 g/mol. The molecule has 2 aliphatic rings. The highest BCUT2D eigenvalue weighted by Gasteiger charge is 2.22. The maximum atomic E-state index is 9.93. The fraction of sp³-hybridized carbons (Fsp3) is 0.400. The quantitative estimate of drug-likeness (QED) is 0.800. The molecule has 1 N–H and O–H groups in total. The van der Waals surface area contributed by atoms with Crippen molar-refractivity contribution in [2.24, 2.45) is 0 Å². The lowest BCUT2D eigenvalue weighted by molar-refractivity contribution is 0.118. The number of methoxy groups -OCH3 is 1. The van der Waals surface area contributed by atoms with Crippen LogP contribution in [0.15, 0.2) is 30.3 Å². The molecule has 144 valence electrons. The summed E-state index contributed by atoms with van der Waals surface area (Å²) in [6.45, 7) is 4.07. The van der Waals surface area contributed by atoms with Gasteiger partial charge < -0.3 is 28.8 Å². The maximum absolute atomic E-state index is 9.93. The van der Waals surface area contributed by atoms with Crippen LogP contribution < -0.4 is 23.7 Å². The minimum absolute atomic E-state index is 0.198. The zero-order valence-electron chi connectivity index (χ0n) is 15.4. The highest BCUT2D eigenvalue weighted by molar-refractivity contribution is 5.55.